The molecule has 1 atom stereocenters. The van der Waals surface area contributed by atoms with Crippen molar-refractivity contribution in [2.45, 2.75) is 45.1 Å². The Kier molecular flexibility index (Phi) is 2.83. The average molecular weight is 203 g/mol. The molecule has 82 valence electrons. The number of aryl methyl sites for hydroxylation is 1. The van der Waals surface area contributed by atoms with Gasteiger partial charge in [0.1, 0.15) is 0 Å². The first-order valence-corrected chi connectivity index (χ1v) is 5.97. The molecule has 0 bridgehead atoms. The first-order chi connectivity index (χ1) is 7.10. The molecule has 2 N–H and O–H groups in total. The molecule has 1 unspecified atom stereocenters. The highest BCUT2D eigenvalue weighted by molar-refractivity contribution is 5.28. The van der Waals surface area contributed by atoms with Gasteiger partial charge >= 0.3 is 0 Å². The Bertz CT molecular complexity index is 318. The van der Waals surface area contributed by atoms with Gasteiger partial charge in [0.2, 0.25) is 0 Å². The highest BCUT2D eigenvalue weighted by Crippen LogP contribution is 2.38. The van der Waals surface area contributed by atoms with Crippen LogP contribution in [-0.4, -0.2) is 0 Å². The maximum absolute atomic E-state index is 6.49. The molecule has 0 radical (unpaired) electrons. The summed E-state index contributed by atoms with van der Waals surface area (Å²) in [5.74, 6) is 0.667. The number of hydrogen-bond acceptors (Lipinski definition) is 1. The van der Waals surface area contributed by atoms with E-state index in [2.05, 4.69) is 38.1 Å². The summed E-state index contributed by atoms with van der Waals surface area (Å²) in [7, 11) is 0. The second-order valence-electron chi connectivity index (χ2n) is 5.13. The summed E-state index contributed by atoms with van der Waals surface area (Å²) >= 11 is 0. The molecular weight excluding hydrogens is 182 g/mol. The Morgan fingerprint density at radius 2 is 1.67 bits per heavy atom. The van der Waals surface area contributed by atoms with E-state index >= 15 is 0 Å². The lowest BCUT2D eigenvalue weighted by Gasteiger charge is -2.32. The van der Waals surface area contributed by atoms with Gasteiger partial charge in [0.05, 0.1) is 0 Å². The summed E-state index contributed by atoms with van der Waals surface area (Å²) in [6.45, 7) is 4.31. The molecule has 0 saturated heterocycles. The monoisotopic (exact) mass is 203 g/mol. The highest BCUT2D eigenvalue weighted by atomic mass is 14.7. The Labute approximate surface area is 92.7 Å². The summed E-state index contributed by atoms with van der Waals surface area (Å²) in [6, 6.07) is 8.70. The van der Waals surface area contributed by atoms with E-state index in [9.17, 15) is 0 Å². The van der Waals surface area contributed by atoms with Crippen LogP contribution in [0.25, 0.3) is 0 Å². The molecule has 1 aliphatic carbocycles. The van der Waals surface area contributed by atoms with Gasteiger partial charge in [-0.15, -0.1) is 0 Å². The molecule has 0 aromatic heterocycles. The van der Waals surface area contributed by atoms with Crippen molar-refractivity contribution < 1.29 is 0 Å². The predicted octanol–water partition coefficient (Wildman–Crippen LogP) is 3.36. The number of rotatable bonds is 2. The topological polar surface area (TPSA) is 26.0 Å². The van der Waals surface area contributed by atoms with E-state index in [1.54, 1.807) is 0 Å². The van der Waals surface area contributed by atoms with Crippen LogP contribution in [0.15, 0.2) is 24.3 Å². The van der Waals surface area contributed by atoms with Crippen LogP contribution in [0.2, 0.25) is 0 Å². The fraction of sp³-hybridized carbons (Fsp3) is 0.571. The summed E-state index contributed by atoms with van der Waals surface area (Å²) < 4.78 is 0. The molecule has 0 spiro atoms. The van der Waals surface area contributed by atoms with Gasteiger partial charge < -0.3 is 5.73 Å². The van der Waals surface area contributed by atoms with Gasteiger partial charge in [-0.3, -0.25) is 0 Å². The molecular formula is C14H21N. The zero-order valence-corrected chi connectivity index (χ0v) is 9.79. The third-order valence-electron chi connectivity index (χ3n) is 3.88. The normalized spacial score (nSPS) is 21.5. The Balaban J connectivity index is 2.23. The summed E-state index contributed by atoms with van der Waals surface area (Å²) in [4.78, 5) is 0. The van der Waals surface area contributed by atoms with Crippen LogP contribution in [0.3, 0.4) is 0 Å². The first-order valence-electron chi connectivity index (χ1n) is 5.97. The molecule has 1 nitrogen and oxygen atoms in total. The molecule has 2 rings (SSSR count). The van der Waals surface area contributed by atoms with Crippen molar-refractivity contribution >= 4 is 0 Å². The standard InChI is InChI=1S/C14H21N/c1-11-7-9-13(10-8-11)14(2,15)12-5-3-4-6-12/h7-10,12H,3-6,15H2,1-2H3. The van der Waals surface area contributed by atoms with Crippen LogP contribution in [-0.2, 0) is 5.54 Å². The van der Waals surface area contributed by atoms with Crippen LogP contribution < -0.4 is 5.73 Å². The summed E-state index contributed by atoms with van der Waals surface area (Å²) in [6.07, 6.45) is 5.29. The molecule has 0 amide bonds. The van der Waals surface area contributed by atoms with E-state index in [1.807, 2.05) is 0 Å². The highest BCUT2D eigenvalue weighted by Gasteiger charge is 2.33. The lowest BCUT2D eigenvalue weighted by Crippen LogP contribution is -2.40. The molecule has 1 fully saturated rings. The van der Waals surface area contributed by atoms with Crippen molar-refractivity contribution in [1.82, 2.24) is 0 Å². The van der Waals surface area contributed by atoms with E-state index in [1.165, 1.54) is 36.8 Å². The summed E-state index contributed by atoms with van der Waals surface area (Å²) in [5.41, 5.74) is 8.96. The minimum absolute atomic E-state index is 0.135. The average Bonchev–Trinajstić information content (AvgIpc) is 2.71. The maximum Gasteiger partial charge on any atom is 0.0409 e. The van der Waals surface area contributed by atoms with E-state index < -0.39 is 0 Å². The molecule has 0 aliphatic heterocycles. The van der Waals surface area contributed by atoms with Crippen molar-refractivity contribution in [3.05, 3.63) is 35.4 Å². The minimum Gasteiger partial charge on any atom is -0.321 e. The number of benzene rings is 1. The van der Waals surface area contributed by atoms with Crippen LogP contribution in [0.1, 0.15) is 43.7 Å². The predicted molar refractivity (Wildman–Crippen MR) is 64.7 cm³/mol. The van der Waals surface area contributed by atoms with E-state index in [4.69, 9.17) is 5.73 Å². The van der Waals surface area contributed by atoms with Crippen molar-refractivity contribution in [2.24, 2.45) is 11.7 Å². The van der Waals surface area contributed by atoms with Gasteiger partial charge in [-0.2, -0.15) is 0 Å². The lowest BCUT2D eigenvalue weighted by molar-refractivity contribution is 0.307. The second-order valence-corrected chi connectivity index (χ2v) is 5.13. The third kappa shape index (κ3) is 2.07. The van der Waals surface area contributed by atoms with Crippen LogP contribution >= 0.6 is 0 Å². The second kappa shape index (κ2) is 3.97. The Morgan fingerprint density at radius 1 is 1.13 bits per heavy atom. The van der Waals surface area contributed by atoms with Crippen molar-refractivity contribution in [1.29, 1.82) is 0 Å². The third-order valence-corrected chi connectivity index (χ3v) is 3.88. The largest absolute Gasteiger partial charge is 0.321 e. The zero-order chi connectivity index (χ0) is 10.9. The summed E-state index contributed by atoms with van der Waals surface area (Å²) in [5, 5.41) is 0. The van der Waals surface area contributed by atoms with Crippen molar-refractivity contribution in [2.75, 3.05) is 0 Å². The van der Waals surface area contributed by atoms with Gasteiger partial charge in [0.15, 0.2) is 0 Å². The van der Waals surface area contributed by atoms with E-state index in [0.29, 0.717) is 5.92 Å². The van der Waals surface area contributed by atoms with Crippen LogP contribution in [0.4, 0.5) is 0 Å². The van der Waals surface area contributed by atoms with Gasteiger partial charge in [0, 0.05) is 5.54 Å². The van der Waals surface area contributed by atoms with Gasteiger partial charge in [-0.1, -0.05) is 42.7 Å². The van der Waals surface area contributed by atoms with Crippen LogP contribution in [0, 0.1) is 12.8 Å². The lowest BCUT2D eigenvalue weighted by atomic mass is 9.79. The van der Waals surface area contributed by atoms with E-state index in [0.717, 1.165) is 0 Å². The SMILES string of the molecule is Cc1ccc(C(C)(N)C2CCCC2)cc1. The molecule has 1 heteroatoms. The smallest absolute Gasteiger partial charge is 0.0409 e. The molecule has 15 heavy (non-hydrogen) atoms. The molecule has 1 aromatic carbocycles. The molecule has 1 aromatic rings. The van der Waals surface area contributed by atoms with Crippen molar-refractivity contribution in [3.8, 4) is 0 Å². The Morgan fingerprint density at radius 3 is 2.20 bits per heavy atom. The quantitative estimate of drug-likeness (QED) is 0.783. The van der Waals surface area contributed by atoms with Crippen molar-refractivity contribution in [3.63, 3.8) is 0 Å². The number of nitrogens with two attached hydrogens (primary N) is 1. The number of hydrogen-bond donors (Lipinski definition) is 1. The minimum atomic E-state index is -0.135. The van der Waals surface area contributed by atoms with E-state index in [-0.39, 0.29) is 5.54 Å². The molecule has 0 heterocycles. The van der Waals surface area contributed by atoms with Crippen LogP contribution in [0.5, 0.6) is 0 Å². The first kappa shape index (κ1) is 10.7. The molecule has 1 saturated carbocycles. The maximum atomic E-state index is 6.49. The van der Waals surface area contributed by atoms with Gasteiger partial charge in [0.25, 0.3) is 0 Å². The fourth-order valence-electron chi connectivity index (χ4n) is 2.67. The Hall–Kier alpha value is -0.820. The molecule has 1 aliphatic rings. The van der Waals surface area contributed by atoms with Gasteiger partial charge in [-0.25, -0.2) is 0 Å². The van der Waals surface area contributed by atoms with Gasteiger partial charge in [-0.05, 0) is 38.2 Å². The zero-order valence-electron chi connectivity index (χ0n) is 9.79. The fourth-order valence-corrected chi connectivity index (χ4v) is 2.67.